The van der Waals surface area contributed by atoms with E-state index in [0.717, 1.165) is 16.1 Å². The number of thiazole rings is 1. The molecular formula is C9H10BNO3S. The molecule has 2 rings (SSSR count). The number of aromatic nitrogens is 1. The Balaban J connectivity index is 2.49. The summed E-state index contributed by atoms with van der Waals surface area (Å²) in [6.07, 6.45) is 0.862. The van der Waals surface area contributed by atoms with Crippen molar-refractivity contribution in [3.8, 4) is 5.75 Å². The maximum atomic E-state index is 8.74. The molecule has 0 aliphatic rings. The van der Waals surface area contributed by atoms with Gasteiger partial charge < -0.3 is 14.7 Å². The molecule has 1 aromatic carbocycles. The van der Waals surface area contributed by atoms with Crippen LogP contribution in [0.3, 0.4) is 0 Å². The Hall–Kier alpha value is -1.11. The maximum Gasteiger partial charge on any atom is 0.707 e. The quantitative estimate of drug-likeness (QED) is 0.767. The number of benzene rings is 1. The molecule has 0 spiro atoms. The van der Waals surface area contributed by atoms with Crippen molar-refractivity contribution in [2.24, 2.45) is 0 Å². The highest BCUT2D eigenvalue weighted by Crippen LogP contribution is 2.29. The van der Waals surface area contributed by atoms with Gasteiger partial charge in [0.1, 0.15) is 11.3 Å². The third kappa shape index (κ3) is 2.12. The van der Waals surface area contributed by atoms with Gasteiger partial charge in [-0.05, 0) is 18.6 Å². The van der Waals surface area contributed by atoms with Crippen molar-refractivity contribution >= 4 is 28.9 Å². The van der Waals surface area contributed by atoms with Crippen LogP contribution >= 0.6 is 11.3 Å². The van der Waals surface area contributed by atoms with Crippen LogP contribution in [0.5, 0.6) is 5.75 Å². The van der Waals surface area contributed by atoms with Crippen molar-refractivity contribution in [3.63, 3.8) is 0 Å². The maximum absolute atomic E-state index is 8.74. The Bertz CT molecular complexity index is 471. The van der Waals surface area contributed by atoms with Gasteiger partial charge in [-0.1, -0.05) is 13.0 Å². The molecule has 0 atom stereocenters. The van der Waals surface area contributed by atoms with Gasteiger partial charge in [0.15, 0.2) is 0 Å². The second-order valence-corrected chi connectivity index (χ2v) is 4.12. The van der Waals surface area contributed by atoms with Crippen LogP contribution in [0.25, 0.3) is 10.2 Å². The van der Waals surface area contributed by atoms with E-state index in [1.165, 1.54) is 0 Å². The van der Waals surface area contributed by atoms with Gasteiger partial charge in [-0.2, -0.15) is 0 Å². The Morgan fingerprint density at radius 1 is 1.47 bits per heavy atom. The zero-order chi connectivity index (χ0) is 10.8. The van der Waals surface area contributed by atoms with E-state index in [1.54, 1.807) is 23.5 Å². The van der Waals surface area contributed by atoms with Crippen molar-refractivity contribution in [1.82, 2.24) is 4.98 Å². The lowest BCUT2D eigenvalue weighted by Gasteiger charge is -2.03. The fourth-order valence-electron chi connectivity index (χ4n) is 1.33. The second kappa shape index (κ2) is 4.18. The molecule has 0 aliphatic heterocycles. The summed E-state index contributed by atoms with van der Waals surface area (Å²) >= 11 is 1.58. The van der Waals surface area contributed by atoms with Crippen molar-refractivity contribution in [3.05, 3.63) is 23.2 Å². The molecule has 1 aromatic heterocycles. The standard InChI is InChI=1S/C9H10BNO3S/c1-2-8-11-9-6(14-10(12)13)4-3-5-7(9)15-8/h3-5,12-13H,2H2,1H3. The van der Waals surface area contributed by atoms with Gasteiger partial charge in [-0.15, -0.1) is 11.3 Å². The topological polar surface area (TPSA) is 62.6 Å². The first-order valence-electron chi connectivity index (χ1n) is 4.62. The monoisotopic (exact) mass is 223 g/mol. The summed E-state index contributed by atoms with van der Waals surface area (Å²) in [5.41, 5.74) is 0.687. The summed E-state index contributed by atoms with van der Waals surface area (Å²) in [4.78, 5) is 4.36. The molecule has 0 unspecified atom stereocenters. The molecule has 2 N–H and O–H groups in total. The van der Waals surface area contributed by atoms with Gasteiger partial charge in [-0.3, -0.25) is 0 Å². The molecule has 15 heavy (non-hydrogen) atoms. The molecule has 0 amide bonds. The van der Waals surface area contributed by atoms with Crippen molar-refractivity contribution < 1.29 is 14.7 Å². The van der Waals surface area contributed by atoms with E-state index in [4.69, 9.17) is 14.7 Å². The molecule has 0 saturated heterocycles. The van der Waals surface area contributed by atoms with E-state index in [9.17, 15) is 0 Å². The minimum Gasteiger partial charge on any atom is -0.510 e. The SMILES string of the molecule is CCc1nc2c(OB(O)O)cccc2s1. The highest BCUT2D eigenvalue weighted by atomic mass is 32.1. The number of nitrogens with zero attached hydrogens (tertiary/aromatic N) is 1. The summed E-state index contributed by atoms with van der Waals surface area (Å²) in [5, 5.41) is 18.5. The second-order valence-electron chi connectivity index (χ2n) is 3.01. The van der Waals surface area contributed by atoms with E-state index in [0.29, 0.717) is 11.3 Å². The van der Waals surface area contributed by atoms with Crippen LogP contribution in [0, 0.1) is 0 Å². The molecule has 2 aromatic rings. The lowest BCUT2D eigenvalue weighted by atomic mass is 10.2. The number of hydrogen-bond donors (Lipinski definition) is 2. The normalized spacial score (nSPS) is 10.6. The molecule has 0 aliphatic carbocycles. The number of para-hydroxylation sites is 1. The van der Waals surface area contributed by atoms with Crippen molar-refractivity contribution in [2.75, 3.05) is 0 Å². The van der Waals surface area contributed by atoms with Crippen LogP contribution in [-0.4, -0.2) is 22.4 Å². The van der Waals surface area contributed by atoms with Crippen molar-refractivity contribution in [1.29, 1.82) is 0 Å². The summed E-state index contributed by atoms with van der Waals surface area (Å²) < 4.78 is 5.83. The third-order valence-electron chi connectivity index (χ3n) is 1.96. The van der Waals surface area contributed by atoms with Crippen LogP contribution in [0.1, 0.15) is 11.9 Å². The molecule has 0 radical (unpaired) electrons. The molecular weight excluding hydrogens is 213 g/mol. The van der Waals surface area contributed by atoms with Gasteiger partial charge >= 0.3 is 7.32 Å². The lowest BCUT2D eigenvalue weighted by Crippen LogP contribution is -2.20. The molecule has 6 heteroatoms. The molecule has 1 heterocycles. The lowest BCUT2D eigenvalue weighted by molar-refractivity contribution is 0.289. The van der Waals surface area contributed by atoms with Gasteiger partial charge in [0, 0.05) is 0 Å². The average molecular weight is 223 g/mol. The van der Waals surface area contributed by atoms with E-state index < -0.39 is 7.32 Å². The molecule has 0 fully saturated rings. The van der Waals surface area contributed by atoms with Crippen LogP contribution in [-0.2, 0) is 6.42 Å². The van der Waals surface area contributed by atoms with Crippen LogP contribution in [0.15, 0.2) is 18.2 Å². The first kappa shape index (κ1) is 10.4. The van der Waals surface area contributed by atoms with Gasteiger partial charge in [0.25, 0.3) is 0 Å². The molecule has 4 nitrogen and oxygen atoms in total. The first-order valence-corrected chi connectivity index (χ1v) is 5.43. The number of aryl methyl sites for hydroxylation is 1. The van der Waals surface area contributed by atoms with Gasteiger partial charge in [0.2, 0.25) is 0 Å². The van der Waals surface area contributed by atoms with E-state index in [-0.39, 0.29) is 0 Å². The van der Waals surface area contributed by atoms with Crippen molar-refractivity contribution in [2.45, 2.75) is 13.3 Å². The van der Waals surface area contributed by atoms with Gasteiger partial charge in [-0.25, -0.2) is 4.98 Å². The highest BCUT2D eigenvalue weighted by molar-refractivity contribution is 7.18. The third-order valence-corrected chi connectivity index (χ3v) is 3.13. The zero-order valence-corrected chi connectivity index (χ0v) is 8.99. The fraction of sp³-hybridized carbons (Fsp3) is 0.222. The summed E-state index contributed by atoms with van der Waals surface area (Å²) in [7, 11) is -1.80. The number of hydrogen-bond acceptors (Lipinski definition) is 5. The fourth-order valence-corrected chi connectivity index (χ4v) is 2.25. The predicted octanol–water partition coefficient (Wildman–Crippen LogP) is 1.21. The Labute approximate surface area is 91.3 Å². The summed E-state index contributed by atoms with van der Waals surface area (Å²) in [5.74, 6) is 0.401. The molecule has 0 saturated carbocycles. The zero-order valence-electron chi connectivity index (χ0n) is 8.17. The smallest absolute Gasteiger partial charge is 0.510 e. The first-order chi connectivity index (χ1) is 7.20. The Morgan fingerprint density at radius 3 is 2.93 bits per heavy atom. The summed E-state index contributed by atoms with van der Waals surface area (Å²) in [6, 6.07) is 5.40. The van der Waals surface area contributed by atoms with Crippen LogP contribution < -0.4 is 4.65 Å². The Morgan fingerprint density at radius 2 is 2.27 bits per heavy atom. The van der Waals surface area contributed by atoms with E-state index in [2.05, 4.69) is 4.98 Å². The average Bonchev–Trinajstić information content (AvgIpc) is 2.61. The summed E-state index contributed by atoms with van der Waals surface area (Å²) in [6.45, 7) is 2.03. The molecule has 78 valence electrons. The van der Waals surface area contributed by atoms with E-state index in [1.807, 2.05) is 13.0 Å². The van der Waals surface area contributed by atoms with Crippen LogP contribution in [0.4, 0.5) is 0 Å². The minimum atomic E-state index is -1.80. The van der Waals surface area contributed by atoms with Crippen LogP contribution in [0.2, 0.25) is 0 Å². The Kier molecular flexibility index (Phi) is 2.90. The van der Waals surface area contributed by atoms with E-state index >= 15 is 0 Å². The number of rotatable bonds is 3. The predicted molar refractivity (Wildman–Crippen MR) is 59.8 cm³/mol. The highest BCUT2D eigenvalue weighted by Gasteiger charge is 2.15. The molecule has 0 bridgehead atoms. The van der Waals surface area contributed by atoms with Gasteiger partial charge in [0.05, 0.1) is 9.71 Å². The number of fused-ring (bicyclic) bond motifs is 1. The minimum absolute atomic E-state index is 0.401. The largest absolute Gasteiger partial charge is 0.707 e.